The molecule has 6 nitrogen and oxygen atoms in total. The van der Waals surface area contributed by atoms with Gasteiger partial charge in [0.25, 0.3) is 5.56 Å². The quantitative estimate of drug-likeness (QED) is 0.799. The summed E-state index contributed by atoms with van der Waals surface area (Å²) < 4.78 is 2.94. The molecule has 0 aromatic carbocycles. The summed E-state index contributed by atoms with van der Waals surface area (Å²) in [7, 11) is 0. The standard InChI is InChI=1S/C17H20ClN5O/c1-10(2)9-22-16(18)15(13(5)21-22)8-20-23-12(4)6-11(3)14(7-19)17(23)24/h6,8,10H,9H2,1-5H3. The minimum atomic E-state index is -0.436. The number of rotatable bonds is 4. The molecule has 2 rings (SSSR count). The fraction of sp³-hybridized carbons (Fsp3) is 0.412. The van der Waals surface area contributed by atoms with Crippen molar-refractivity contribution in [3.8, 4) is 6.07 Å². The van der Waals surface area contributed by atoms with Gasteiger partial charge in [-0.25, -0.2) is 4.68 Å². The molecule has 0 aliphatic heterocycles. The Bertz CT molecular complexity index is 899. The lowest BCUT2D eigenvalue weighted by Gasteiger charge is -2.06. The predicted molar refractivity (Wildman–Crippen MR) is 94.7 cm³/mol. The van der Waals surface area contributed by atoms with Gasteiger partial charge in [-0.2, -0.15) is 15.5 Å². The van der Waals surface area contributed by atoms with Crippen molar-refractivity contribution in [2.24, 2.45) is 11.0 Å². The van der Waals surface area contributed by atoms with E-state index in [1.807, 2.05) is 13.0 Å². The molecular weight excluding hydrogens is 326 g/mol. The maximum Gasteiger partial charge on any atom is 0.289 e. The number of nitrogens with zero attached hydrogens (tertiary/aromatic N) is 5. The van der Waals surface area contributed by atoms with Gasteiger partial charge in [-0.15, -0.1) is 0 Å². The molecule has 2 aromatic heterocycles. The minimum Gasteiger partial charge on any atom is -0.266 e. The van der Waals surface area contributed by atoms with Gasteiger partial charge in [-0.1, -0.05) is 25.4 Å². The first-order valence-electron chi connectivity index (χ1n) is 7.66. The van der Waals surface area contributed by atoms with Crippen LogP contribution in [-0.2, 0) is 6.54 Å². The van der Waals surface area contributed by atoms with Gasteiger partial charge in [0.2, 0.25) is 0 Å². The predicted octanol–water partition coefficient (Wildman–Crippen LogP) is 3.03. The van der Waals surface area contributed by atoms with E-state index in [0.717, 1.165) is 5.69 Å². The Morgan fingerprint density at radius 2 is 2.08 bits per heavy atom. The van der Waals surface area contributed by atoms with Crippen LogP contribution in [0, 0.1) is 38.0 Å². The lowest BCUT2D eigenvalue weighted by atomic mass is 10.1. The normalized spacial score (nSPS) is 11.4. The number of nitriles is 1. The minimum absolute atomic E-state index is 0.0936. The number of aromatic nitrogens is 3. The van der Waals surface area contributed by atoms with Crippen molar-refractivity contribution in [1.29, 1.82) is 5.26 Å². The van der Waals surface area contributed by atoms with Gasteiger partial charge in [0.15, 0.2) is 0 Å². The molecule has 0 saturated heterocycles. The van der Waals surface area contributed by atoms with E-state index in [9.17, 15) is 4.79 Å². The Morgan fingerprint density at radius 1 is 1.42 bits per heavy atom. The Hall–Kier alpha value is -2.39. The molecule has 2 aromatic rings. The third-order valence-corrected chi connectivity index (χ3v) is 4.02. The molecule has 0 bridgehead atoms. The molecule has 2 heterocycles. The molecule has 7 heteroatoms. The molecule has 0 fully saturated rings. The van der Waals surface area contributed by atoms with Crippen molar-refractivity contribution >= 4 is 17.8 Å². The number of hydrogen-bond donors (Lipinski definition) is 0. The van der Waals surface area contributed by atoms with E-state index in [1.54, 1.807) is 24.6 Å². The van der Waals surface area contributed by atoms with Crippen LogP contribution in [0.1, 0.15) is 41.9 Å². The van der Waals surface area contributed by atoms with Crippen LogP contribution in [0.25, 0.3) is 0 Å². The van der Waals surface area contributed by atoms with Gasteiger partial charge >= 0.3 is 0 Å². The fourth-order valence-corrected chi connectivity index (χ4v) is 2.75. The number of aryl methyl sites for hydroxylation is 3. The Morgan fingerprint density at radius 3 is 2.67 bits per heavy atom. The molecule has 0 spiro atoms. The smallest absolute Gasteiger partial charge is 0.266 e. The summed E-state index contributed by atoms with van der Waals surface area (Å²) in [5.41, 5.74) is 2.36. The van der Waals surface area contributed by atoms with E-state index in [0.29, 0.717) is 34.4 Å². The maximum absolute atomic E-state index is 12.4. The zero-order chi connectivity index (χ0) is 18.0. The van der Waals surface area contributed by atoms with Gasteiger partial charge in [-0.05, 0) is 38.3 Å². The molecule has 0 N–H and O–H groups in total. The van der Waals surface area contributed by atoms with E-state index in [2.05, 4.69) is 24.0 Å². The average molecular weight is 346 g/mol. The summed E-state index contributed by atoms with van der Waals surface area (Å²) in [6, 6.07) is 3.69. The van der Waals surface area contributed by atoms with E-state index >= 15 is 0 Å². The summed E-state index contributed by atoms with van der Waals surface area (Å²) >= 11 is 6.37. The van der Waals surface area contributed by atoms with Gasteiger partial charge < -0.3 is 0 Å². The summed E-state index contributed by atoms with van der Waals surface area (Å²) in [5, 5.41) is 18.3. The second-order valence-corrected chi connectivity index (χ2v) is 6.54. The van der Waals surface area contributed by atoms with Crippen LogP contribution in [0.5, 0.6) is 0 Å². The number of pyridine rings is 1. The van der Waals surface area contributed by atoms with Crippen molar-refractivity contribution < 1.29 is 0 Å². The van der Waals surface area contributed by atoms with Crippen molar-refractivity contribution in [2.75, 3.05) is 0 Å². The second kappa shape index (κ2) is 7.02. The molecule has 0 radical (unpaired) electrons. The highest BCUT2D eigenvalue weighted by Crippen LogP contribution is 2.19. The molecule has 0 aliphatic carbocycles. The first kappa shape index (κ1) is 18.0. The average Bonchev–Trinajstić information content (AvgIpc) is 2.73. The Balaban J connectivity index is 2.49. The first-order chi connectivity index (χ1) is 11.3. The molecule has 0 amide bonds. The molecule has 0 atom stereocenters. The van der Waals surface area contributed by atoms with Crippen molar-refractivity contribution in [3.63, 3.8) is 0 Å². The lowest BCUT2D eigenvalue weighted by Crippen LogP contribution is -2.22. The van der Waals surface area contributed by atoms with Crippen LogP contribution in [0.4, 0.5) is 0 Å². The van der Waals surface area contributed by atoms with Gasteiger partial charge in [0, 0.05) is 12.2 Å². The van der Waals surface area contributed by atoms with Crippen LogP contribution >= 0.6 is 11.6 Å². The third kappa shape index (κ3) is 3.41. The fourth-order valence-electron chi connectivity index (χ4n) is 2.46. The molecule has 126 valence electrons. The topological polar surface area (TPSA) is 76.0 Å². The lowest BCUT2D eigenvalue weighted by molar-refractivity contribution is 0.482. The van der Waals surface area contributed by atoms with Crippen LogP contribution in [0.2, 0.25) is 5.15 Å². The highest BCUT2D eigenvalue weighted by Gasteiger charge is 2.14. The Labute approximate surface area is 146 Å². The van der Waals surface area contributed by atoms with Crippen molar-refractivity contribution in [2.45, 2.75) is 41.2 Å². The molecular formula is C17H20ClN5O. The van der Waals surface area contributed by atoms with E-state index in [1.165, 1.54) is 10.9 Å². The first-order valence-corrected chi connectivity index (χ1v) is 8.04. The summed E-state index contributed by atoms with van der Waals surface area (Å²) in [4.78, 5) is 12.4. The van der Waals surface area contributed by atoms with Gasteiger partial charge in [0.05, 0.1) is 17.5 Å². The molecule has 0 unspecified atom stereocenters. The zero-order valence-corrected chi connectivity index (χ0v) is 15.2. The third-order valence-electron chi connectivity index (χ3n) is 3.62. The zero-order valence-electron chi connectivity index (χ0n) is 14.5. The van der Waals surface area contributed by atoms with Crippen molar-refractivity contribution in [1.82, 2.24) is 14.5 Å². The van der Waals surface area contributed by atoms with Crippen LogP contribution in [0.15, 0.2) is 16.0 Å². The van der Waals surface area contributed by atoms with Crippen molar-refractivity contribution in [3.05, 3.63) is 49.7 Å². The number of hydrogen-bond acceptors (Lipinski definition) is 4. The largest absolute Gasteiger partial charge is 0.289 e. The maximum atomic E-state index is 12.4. The molecule has 0 saturated carbocycles. The van der Waals surface area contributed by atoms with Crippen LogP contribution in [0.3, 0.4) is 0 Å². The SMILES string of the molecule is Cc1cc(C)n(N=Cc2c(C)nn(CC(C)C)c2Cl)c(=O)c1C#N. The molecule has 24 heavy (non-hydrogen) atoms. The summed E-state index contributed by atoms with van der Waals surface area (Å²) in [6.07, 6.45) is 1.52. The van der Waals surface area contributed by atoms with Crippen LogP contribution < -0.4 is 5.56 Å². The Kier molecular flexibility index (Phi) is 5.25. The van der Waals surface area contributed by atoms with E-state index < -0.39 is 5.56 Å². The van der Waals surface area contributed by atoms with Gasteiger partial charge in [-0.3, -0.25) is 9.48 Å². The number of halogens is 1. The highest BCUT2D eigenvalue weighted by molar-refractivity contribution is 6.32. The van der Waals surface area contributed by atoms with E-state index in [-0.39, 0.29) is 5.56 Å². The summed E-state index contributed by atoms with van der Waals surface area (Å²) in [6.45, 7) is 10.2. The monoisotopic (exact) mass is 345 g/mol. The summed E-state index contributed by atoms with van der Waals surface area (Å²) in [5.74, 6) is 0.409. The van der Waals surface area contributed by atoms with Crippen LogP contribution in [-0.4, -0.2) is 20.7 Å². The molecule has 0 aliphatic rings. The second-order valence-electron chi connectivity index (χ2n) is 6.18. The highest BCUT2D eigenvalue weighted by atomic mass is 35.5. The van der Waals surface area contributed by atoms with Gasteiger partial charge in [0.1, 0.15) is 16.8 Å². The van der Waals surface area contributed by atoms with E-state index in [4.69, 9.17) is 16.9 Å².